The Bertz CT molecular complexity index is 1400. The Morgan fingerprint density at radius 1 is 0.500 bits per heavy atom. The van der Waals surface area contributed by atoms with Crippen LogP contribution in [-0.2, 0) is 42.9 Å². The molecular weight excluding hydrogens is 789 g/mol. The fraction of sp³-hybridized carbons (Fsp3) is 0.222. The van der Waals surface area contributed by atoms with Crippen LogP contribution >= 0.6 is 0 Å². The molecule has 2 unspecified atom stereocenters. The van der Waals surface area contributed by atoms with Crippen LogP contribution in [0.3, 0.4) is 0 Å². The summed E-state index contributed by atoms with van der Waals surface area (Å²) in [6, 6.07) is 36.0. The van der Waals surface area contributed by atoms with Crippen LogP contribution in [0.2, 0.25) is 17.7 Å². The van der Waals surface area contributed by atoms with Crippen LogP contribution in [0.4, 0.5) is 0 Å². The van der Waals surface area contributed by atoms with E-state index in [1.807, 2.05) is 0 Å². The van der Waals surface area contributed by atoms with Gasteiger partial charge in [0, 0.05) is 0 Å². The summed E-state index contributed by atoms with van der Waals surface area (Å²) in [6.45, 7) is 4.82. The molecule has 0 radical (unpaired) electrons. The molecular formula is C36H36Hf2. The summed E-state index contributed by atoms with van der Waals surface area (Å²) in [5.41, 5.74) is 15.0. The predicted octanol–water partition coefficient (Wildman–Crippen LogP) is 10.8. The SMILES string of the molecule is CC1=Cc2c(-c3ccccc3)cccc2[CH]1[Hf]([CH3])[CH2][CH2][Hf]([CH3])[CH]1C(C)=Cc2c(-c3ccccc3)cccc21. The second kappa shape index (κ2) is 11.3. The summed E-state index contributed by atoms with van der Waals surface area (Å²) in [6.07, 6.45) is 5.04. The van der Waals surface area contributed by atoms with E-state index in [0.29, 0.717) is 0 Å². The maximum atomic E-state index is 2.72. The van der Waals surface area contributed by atoms with Crippen molar-refractivity contribution in [2.75, 3.05) is 0 Å². The van der Waals surface area contributed by atoms with Gasteiger partial charge >= 0.3 is 247 Å². The van der Waals surface area contributed by atoms with E-state index in [0.717, 1.165) is 7.35 Å². The van der Waals surface area contributed by atoms with Gasteiger partial charge < -0.3 is 0 Å². The molecule has 0 fully saturated rings. The Morgan fingerprint density at radius 2 is 0.895 bits per heavy atom. The third kappa shape index (κ3) is 4.92. The molecule has 2 heteroatoms. The van der Waals surface area contributed by atoms with Gasteiger partial charge in [-0.05, 0) is 0 Å². The van der Waals surface area contributed by atoms with Gasteiger partial charge in [-0.15, -0.1) is 0 Å². The second-order valence-corrected chi connectivity index (χ2v) is 31.1. The number of hydrogen-bond acceptors (Lipinski definition) is 0. The van der Waals surface area contributed by atoms with E-state index in [9.17, 15) is 0 Å². The van der Waals surface area contributed by atoms with E-state index >= 15 is 0 Å². The Kier molecular flexibility index (Phi) is 7.83. The number of fused-ring (bicyclic) bond motifs is 2. The molecule has 38 heavy (non-hydrogen) atoms. The molecule has 4 aromatic rings. The Morgan fingerprint density at radius 3 is 1.29 bits per heavy atom. The average Bonchev–Trinajstić information content (AvgIpc) is 3.47. The Balaban J connectivity index is 1.20. The van der Waals surface area contributed by atoms with Crippen LogP contribution in [0.5, 0.6) is 0 Å². The molecule has 0 bridgehead atoms. The molecule has 188 valence electrons. The molecule has 4 aromatic carbocycles. The third-order valence-electron chi connectivity index (χ3n) is 8.63. The summed E-state index contributed by atoms with van der Waals surface area (Å²) in [5, 5.41) is 0. The summed E-state index contributed by atoms with van der Waals surface area (Å²) in [4.78, 5) is 0. The first-order valence-corrected chi connectivity index (χ1v) is 30.3. The van der Waals surface area contributed by atoms with Crippen molar-refractivity contribution < 1.29 is 42.9 Å². The molecule has 0 N–H and O–H groups in total. The van der Waals surface area contributed by atoms with Gasteiger partial charge in [0.05, 0.1) is 0 Å². The van der Waals surface area contributed by atoms with E-state index in [4.69, 9.17) is 0 Å². The van der Waals surface area contributed by atoms with Gasteiger partial charge in [0.1, 0.15) is 0 Å². The van der Waals surface area contributed by atoms with Crippen LogP contribution < -0.4 is 0 Å². The van der Waals surface area contributed by atoms with Gasteiger partial charge in [-0.1, -0.05) is 0 Å². The van der Waals surface area contributed by atoms with Crippen LogP contribution in [0, 0.1) is 0 Å². The zero-order valence-corrected chi connectivity index (χ0v) is 30.1. The first kappa shape index (κ1) is 26.3. The molecule has 0 saturated heterocycles. The fourth-order valence-electron chi connectivity index (χ4n) is 6.83. The van der Waals surface area contributed by atoms with Crippen molar-refractivity contribution in [1.82, 2.24) is 0 Å². The average molecular weight is 826 g/mol. The van der Waals surface area contributed by atoms with Crippen molar-refractivity contribution in [1.29, 1.82) is 0 Å². The van der Waals surface area contributed by atoms with Crippen molar-refractivity contribution in [2.24, 2.45) is 0 Å². The van der Waals surface area contributed by atoms with Crippen LogP contribution in [0.25, 0.3) is 34.4 Å². The Labute approximate surface area is 244 Å². The van der Waals surface area contributed by atoms with Gasteiger partial charge in [0.25, 0.3) is 0 Å². The van der Waals surface area contributed by atoms with Crippen LogP contribution in [-0.4, -0.2) is 0 Å². The molecule has 0 spiro atoms. The molecule has 2 aliphatic carbocycles. The van der Waals surface area contributed by atoms with Gasteiger partial charge in [-0.2, -0.15) is 0 Å². The van der Waals surface area contributed by atoms with Crippen LogP contribution in [0.1, 0.15) is 43.5 Å². The second-order valence-electron chi connectivity index (χ2n) is 11.2. The van der Waals surface area contributed by atoms with E-state index in [1.54, 1.807) is 30.6 Å². The molecule has 0 heterocycles. The summed E-state index contributed by atoms with van der Waals surface area (Å²) < 4.78 is 10.0. The quantitative estimate of drug-likeness (QED) is 0.163. The van der Waals surface area contributed by atoms with Gasteiger partial charge in [0.15, 0.2) is 0 Å². The fourth-order valence-corrected chi connectivity index (χ4v) is 46.7. The third-order valence-corrected chi connectivity index (χ3v) is 35.1. The summed E-state index contributed by atoms with van der Waals surface area (Å²) >= 11 is -3.66. The standard InChI is InChI=1S/2C16H13.C2H4.2CH3.2Hf/c2*1-12-10-14-8-5-9-15(16(14)11-12)13-6-3-2-4-7-13;1-2;;;;/h2*2-11H,1H3;1-2H2;2*1H3;;. The molecule has 0 aromatic heterocycles. The summed E-state index contributed by atoms with van der Waals surface area (Å²) in [7, 11) is 0. The van der Waals surface area contributed by atoms with E-state index in [1.165, 1.54) is 33.4 Å². The number of rotatable bonds is 7. The van der Waals surface area contributed by atoms with Crippen molar-refractivity contribution >= 4 is 12.2 Å². The van der Waals surface area contributed by atoms with Crippen molar-refractivity contribution in [3.05, 3.63) is 130 Å². The maximum absolute atomic E-state index is 2.72. The normalized spacial score (nSPS) is 17.5. The number of benzene rings is 4. The number of hydrogen-bond donors (Lipinski definition) is 0. The molecule has 0 saturated carbocycles. The first-order chi connectivity index (χ1) is 18.5. The molecule has 0 amide bonds. The molecule has 6 rings (SSSR count). The van der Waals surface area contributed by atoms with Gasteiger partial charge in [-0.3, -0.25) is 0 Å². The summed E-state index contributed by atoms with van der Waals surface area (Å²) in [5.74, 6) is 0. The van der Waals surface area contributed by atoms with Gasteiger partial charge in [0.2, 0.25) is 0 Å². The van der Waals surface area contributed by atoms with Crippen molar-refractivity contribution in [3.63, 3.8) is 0 Å². The predicted molar refractivity (Wildman–Crippen MR) is 158 cm³/mol. The number of allylic oxidation sites excluding steroid dienone is 2. The molecule has 0 nitrogen and oxygen atoms in total. The monoisotopic (exact) mass is 828 g/mol. The zero-order valence-electron chi connectivity index (χ0n) is 23.0. The van der Waals surface area contributed by atoms with E-state index in [-0.39, 0.29) is 0 Å². The Hall–Kier alpha value is -1.90. The minimum atomic E-state index is -1.83. The van der Waals surface area contributed by atoms with Crippen LogP contribution in [0.15, 0.2) is 108 Å². The van der Waals surface area contributed by atoms with Crippen molar-refractivity contribution in [3.8, 4) is 22.3 Å². The molecule has 2 atom stereocenters. The van der Waals surface area contributed by atoms with E-state index in [2.05, 4.69) is 132 Å². The topological polar surface area (TPSA) is 0 Å². The van der Waals surface area contributed by atoms with Gasteiger partial charge in [-0.25, -0.2) is 0 Å². The van der Waals surface area contributed by atoms with E-state index < -0.39 is 42.9 Å². The molecule has 0 aliphatic heterocycles. The molecule has 2 aliphatic rings. The minimum absolute atomic E-state index is 0.759. The van der Waals surface area contributed by atoms with Crippen molar-refractivity contribution in [2.45, 2.75) is 38.9 Å². The zero-order chi connectivity index (χ0) is 26.2. The first-order valence-electron chi connectivity index (χ1n) is 13.9.